The number of hydrogen-bond acceptors (Lipinski definition) is 2. The summed E-state index contributed by atoms with van der Waals surface area (Å²) in [6, 6.07) is 0. The fourth-order valence-electron chi connectivity index (χ4n) is 2.30. The van der Waals surface area contributed by atoms with Crippen molar-refractivity contribution in [2.24, 2.45) is 11.3 Å². The first kappa shape index (κ1) is 13.2. The summed E-state index contributed by atoms with van der Waals surface area (Å²) in [5.74, 6) is -1.36. The molecule has 0 spiro atoms. The molecule has 2 nitrogen and oxygen atoms in total. The molecule has 1 aliphatic carbocycles. The SMILES string of the molecule is C=C(F)C(=O)OC1CCCC(C)(C(C)C)C1. The maximum Gasteiger partial charge on any atom is 0.366 e. The van der Waals surface area contributed by atoms with Crippen LogP contribution in [0.3, 0.4) is 0 Å². The van der Waals surface area contributed by atoms with Gasteiger partial charge < -0.3 is 4.74 Å². The van der Waals surface area contributed by atoms with Gasteiger partial charge in [0.1, 0.15) is 6.10 Å². The van der Waals surface area contributed by atoms with Crippen LogP contribution in [-0.4, -0.2) is 12.1 Å². The molecular formula is C13H21FO2. The van der Waals surface area contributed by atoms with Crippen LogP contribution in [0, 0.1) is 11.3 Å². The predicted octanol–water partition coefficient (Wildman–Crippen LogP) is 3.62. The van der Waals surface area contributed by atoms with E-state index in [0.29, 0.717) is 5.92 Å². The van der Waals surface area contributed by atoms with Crippen LogP contribution in [0.5, 0.6) is 0 Å². The van der Waals surface area contributed by atoms with Crippen LogP contribution in [0.25, 0.3) is 0 Å². The Morgan fingerprint density at radius 2 is 2.19 bits per heavy atom. The van der Waals surface area contributed by atoms with E-state index >= 15 is 0 Å². The van der Waals surface area contributed by atoms with Gasteiger partial charge in [-0.1, -0.05) is 27.4 Å². The van der Waals surface area contributed by atoms with Gasteiger partial charge in [-0.3, -0.25) is 0 Å². The lowest BCUT2D eigenvalue weighted by Gasteiger charge is -2.40. The maximum atomic E-state index is 12.5. The Labute approximate surface area is 96.9 Å². The highest BCUT2D eigenvalue weighted by Crippen LogP contribution is 2.42. The molecule has 3 heteroatoms. The number of ether oxygens (including phenoxy) is 1. The zero-order chi connectivity index (χ0) is 12.3. The van der Waals surface area contributed by atoms with Crippen molar-refractivity contribution in [3.63, 3.8) is 0 Å². The summed E-state index contributed by atoms with van der Waals surface area (Å²) in [5, 5.41) is 0. The van der Waals surface area contributed by atoms with Gasteiger partial charge in [0, 0.05) is 0 Å². The summed E-state index contributed by atoms with van der Waals surface area (Å²) in [6.07, 6.45) is 3.69. The lowest BCUT2D eigenvalue weighted by molar-refractivity contribution is -0.150. The first-order chi connectivity index (χ1) is 7.35. The first-order valence-corrected chi connectivity index (χ1v) is 5.90. The van der Waals surface area contributed by atoms with Crippen LogP contribution in [0.2, 0.25) is 0 Å². The number of halogens is 1. The minimum absolute atomic E-state index is 0.152. The molecule has 0 bridgehead atoms. The van der Waals surface area contributed by atoms with E-state index in [4.69, 9.17) is 4.74 Å². The van der Waals surface area contributed by atoms with Crippen LogP contribution in [0.1, 0.15) is 46.5 Å². The number of carbonyl (C=O) groups is 1. The zero-order valence-corrected chi connectivity index (χ0v) is 10.4. The number of esters is 1. The molecule has 1 fully saturated rings. The molecule has 0 heterocycles. The summed E-state index contributed by atoms with van der Waals surface area (Å²) >= 11 is 0. The maximum absolute atomic E-state index is 12.5. The van der Waals surface area contributed by atoms with Crippen molar-refractivity contribution in [3.05, 3.63) is 12.4 Å². The molecule has 0 amide bonds. The van der Waals surface area contributed by atoms with Crippen molar-refractivity contribution in [2.75, 3.05) is 0 Å². The van der Waals surface area contributed by atoms with E-state index < -0.39 is 11.8 Å². The summed E-state index contributed by atoms with van der Waals surface area (Å²) in [6.45, 7) is 9.52. The van der Waals surface area contributed by atoms with Crippen LogP contribution in [-0.2, 0) is 9.53 Å². The van der Waals surface area contributed by atoms with Gasteiger partial charge in [-0.25, -0.2) is 4.79 Å². The van der Waals surface area contributed by atoms with E-state index in [9.17, 15) is 9.18 Å². The summed E-state index contributed by atoms with van der Waals surface area (Å²) in [7, 11) is 0. The van der Waals surface area contributed by atoms with E-state index in [-0.39, 0.29) is 11.5 Å². The number of carbonyl (C=O) groups excluding carboxylic acids is 1. The summed E-state index contributed by atoms with van der Waals surface area (Å²) in [4.78, 5) is 11.1. The van der Waals surface area contributed by atoms with E-state index in [1.165, 1.54) is 0 Å². The second-order valence-corrected chi connectivity index (χ2v) is 5.34. The molecule has 0 N–H and O–H groups in total. The fraction of sp³-hybridized carbons (Fsp3) is 0.769. The topological polar surface area (TPSA) is 26.3 Å². The summed E-state index contributed by atoms with van der Waals surface area (Å²) in [5.41, 5.74) is 0.195. The van der Waals surface area contributed by atoms with E-state index in [2.05, 4.69) is 27.4 Å². The highest BCUT2D eigenvalue weighted by atomic mass is 19.1. The summed E-state index contributed by atoms with van der Waals surface area (Å²) < 4.78 is 17.6. The molecule has 0 radical (unpaired) electrons. The molecule has 0 aromatic rings. The second-order valence-electron chi connectivity index (χ2n) is 5.34. The van der Waals surface area contributed by atoms with Gasteiger partial charge in [0.05, 0.1) is 0 Å². The molecule has 0 aliphatic heterocycles. The Kier molecular flexibility index (Phi) is 4.11. The van der Waals surface area contributed by atoms with Crippen LogP contribution < -0.4 is 0 Å². The smallest absolute Gasteiger partial charge is 0.366 e. The molecule has 1 saturated carbocycles. The minimum atomic E-state index is -1.00. The predicted molar refractivity (Wildman–Crippen MR) is 61.5 cm³/mol. The van der Waals surface area contributed by atoms with Gasteiger partial charge >= 0.3 is 5.97 Å². The third-order valence-corrected chi connectivity index (χ3v) is 3.86. The van der Waals surface area contributed by atoms with Crippen LogP contribution in [0.15, 0.2) is 12.4 Å². The lowest BCUT2D eigenvalue weighted by Crippen LogP contribution is -2.35. The van der Waals surface area contributed by atoms with Crippen molar-refractivity contribution in [3.8, 4) is 0 Å². The van der Waals surface area contributed by atoms with Crippen molar-refractivity contribution in [1.29, 1.82) is 0 Å². The van der Waals surface area contributed by atoms with Gasteiger partial charge in [0.15, 0.2) is 0 Å². The Balaban J connectivity index is 2.57. The monoisotopic (exact) mass is 228 g/mol. The Morgan fingerprint density at radius 1 is 1.56 bits per heavy atom. The molecule has 2 unspecified atom stereocenters. The Hall–Kier alpha value is -0.860. The molecule has 1 rings (SSSR count). The average Bonchev–Trinajstić information content (AvgIpc) is 2.17. The standard InChI is InChI=1S/C13H21FO2/c1-9(2)13(4)7-5-6-11(8-13)16-12(15)10(3)14/h9,11H,3,5-8H2,1-2,4H3. The molecular weight excluding hydrogens is 207 g/mol. The van der Waals surface area contributed by atoms with Gasteiger partial charge in [-0.2, -0.15) is 4.39 Å². The fourth-order valence-corrected chi connectivity index (χ4v) is 2.30. The Morgan fingerprint density at radius 3 is 2.69 bits per heavy atom. The van der Waals surface area contributed by atoms with Crippen LogP contribution >= 0.6 is 0 Å². The molecule has 1 aliphatic rings. The van der Waals surface area contributed by atoms with Crippen molar-refractivity contribution in [1.82, 2.24) is 0 Å². The molecule has 92 valence electrons. The van der Waals surface area contributed by atoms with E-state index in [0.717, 1.165) is 25.7 Å². The van der Waals surface area contributed by atoms with Gasteiger partial charge in [-0.05, 0) is 37.0 Å². The molecule has 0 aromatic heterocycles. The second kappa shape index (κ2) is 4.98. The minimum Gasteiger partial charge on any atom is -0.457 e. The molecule has 2 atom stereocenters. The third kappa shape index (κ3) is 3.06. The first-order valence-electron chi connectivity index (χ1n) is 5.90. The zero-order valence-electron chi connectivity index (χ0n) is 10.4. The van der Waals surface area contributed by atoms with Crippen molar-refractivity contribution in [2.45, 2.75) is 52.6 Å². The largest absolute Gasteiger partial charge is 0.457 e. The lowest BCUT2D eigenvalue weighted by atomic mass is 9.67. The quantitative estimate of drug-likeness (QED) is 0.544. The molecule has 16 heavy (non-hydrogen) atoms. The number of hydrogen-bond donors (Lipinski definition) is 0. The highest BCUT2D eigenvalue weighted by molar-refractivity contribution is 5.85. The van der Waals surface area contributed by atoms with Gasteiger partial charge in [0.25, 0.3) is 0 Å². The van der Waals surface area contributed by atoms with E-state index in [1.807, 2.05) is 0 Å². The van der Waals surface area contributed by atoms with Crippen LogP contribution in [0.4, 0.5) is 4.39 Å². The van der Waals surface area contributed by atoms with Gasteiger partial charge in [-0.15, -0.1) is 0 Å². The van der Waals surface area contributed by atoms with Crippen molar-refractivity contribution >= 4 is 5.97 Å². The Bertz CT molecular complexity index is 286. The van der Waals surface area contributed by atoms with Crippen molar-refractivity contribution < 1.29 is 13.9 Å². The molecule has 0 aromatic carbocycles. The van der Waals surface area contributed by atoms with Gasteiger partial charge in [0.2, 0.25) is 5.83 Å². The average molecular weight is 228 g/mol. The van der Waals surface area contributed by atoms with E-state index in [1.54, 1.807) is 0 Å². The normalized spacial score (nSPS) is 30.2. The molecule has 0 saturated heterocycles. The number of rotatable bonds is 3. The third-order valence-electron chi connectivity index (χ3n) is 3.86. The highest BCUT2D eigenvalue weighted by Gasteiger charge is 2.36.